The Morgan fingerprint density at radius 2 is 2.00 bits per heavy atom. The molecule has 0 aliphatic carbocycles. The van der Waals surface area contributed by atoms with Gasteiger partial charge < -0.3 is 19.5 Å². The monoisotopic (exact) mass is 366 g/mol. The molecule has 1 fully saturated rings. The third kappa shape index (κ3) is 3.19. The van der Waals surface area contributed by atoms with Gasteiger partial charge in [0.15, 0.2) is 11.5 Å². The number of fused-ring (bicyclic) bond motifs is 1. The van der Waals surface area contributed by atoms with Crippen LogP contribution in [-0.2, 0) is 6.54 Å². The van der Waals surface area contributed by atoms with E-state index in [-0.39, 0.29) is 17.3 Å². The number of phenolic OH excluding ortho intramolecular Hbond substituents is 1. The SMILES string of the molecule is COc1ccccc1/C=C1\Oc2c(C[NH+]3CCCC3)c(O)cc(C)c2C1=O. The zero-order valence-corrected chi connectivity index (χ0v) is 15.7. The second kappa shape index (κ2) is 7.08. The third-order valence-electron chi connectivity index (χ3n) is 5.38. The number of allylic oxidation sites excluding steroid dienone is 1. The Morgan fingerprint density at radius 1 is 1.26 bits per heavy atom. The number of likely N-dealkylation sites (tertiary alicyclic amines) is 1. The average Bonchev–Trinajstić information content (AvgIpc) is 3.28. The van der Waals surface area contributed by atoms with Crippen molar-refractivity contribution in [3.05, 3.63) is 58.3 Å². The number of hydrogen-bond acceptors (Lipinski definition) is 4. The first-order valence-corrected chi connectivity index (χ1v) is 9.34. The minimum absolute atomic E-state index is 0.147. The maximum Gasteiger partial charge on any atom is 0.232 e. The molecule has 0 amide bonds. The number of hydrogen-bond donors (Lipinski definition) is 2. The number of aryl methyl sites for hydroxylation is 1. The summed E-state index contributed by atoms with van der Waals surface area (Å²) in [6, 6.07) is 9.17. The van der Waals surface area contributed by atoms with E-state index in [0.717, 1.165) is 29.8 Å². The van der Waals surface area contributed by atoms with Gasteiger partial charge >= 0.3 is 0 Å². The zero-order valence-electron chi connectivity index (χ0n) is 15.7. The van der Waals surface area contributed by atoms with Gasteiger partial charge in [-0.1, -0.05) is 18.2 Å². The smallest absolute Gasteiger partial charge is 0.232 e. The molecule has 0 atom stereocenters. The molecule has 4 rings (SSSR count). The first kappa shape index (κ1) is 17.6. The molecular weight excluding hydrogens is 342 g/mol. The van der Waals surface area contributed by atoms with E-state index in [1.807, 2.05) is 31.2 Å². The number of carbonyl (C=O) groups is 1. The first-order valence-electron chi connectivity index (χ1n) is 9.34. The van der Waals surface area contributed by atoms with Crippen LogP contribution in [0.3, 0.4) is 0 Å². The highest BCUT2D eigenvalue weighted by Gasteiger charge is 2.35. The summed E-state index contributed by atoms with van der Waals surface area (Å²) < 4.78 is 11.4. The highest BCUT2D eigenvalue weighted by molar-refractivity contribution is 6.16. The predicted molar refractivity (Wildman–Crippen MR) is 102 cm³/mol. The van der Waals surface area contributed by atoms with E-state index in [9.17, 15) is 9.90 Å². The maximum absolute atomic E-state index is 13.0. The van der Waals surface area contributed by atoms with Crippen LogP contribution in [0.15, 0.2) is 36.1 Å². The fourth-order valence-electron chi connectivity index (χ4n) is 3.98. The molecule has 5 heteroatoms. The van der Waals surface area contributed by atoms with E-state index in [1.165, 1.54) is 17.7 Å². The molecule has 0 saturated carbocycles. The van der Waals surface area contributed by atoms with E-state index < -0.39 is 0 Å². The second-order valence-corrected chi connectivity index (χ2v) is 7.21. The van der Waals surface area contributed by atoms with Crippen LogP contribution in [0.25, 0.3) is 6.08 Å². The number of carbonyl (C=O) groups excluding carboxylic acids is 1. The Hall–Kier alpha value is -2.79. The topological polar surface area (TPSA) is 60.2 Å². The fourth-order valence-corrected chi connectivity index (χ4v) is 3.98. The number of ketones is 1. The van der Waals surface area contributed by atoms with Gasteiger partial charge in [-0.2, -0.15) is 0 Å². The lowest BCUT2D eigenvalue weighted by Crippen LogP contribution is -3.08. The molecule has 2 N–H and O–H groups in total. The van der Waals surface area contributed by atoms with Crippen LogP contribution in [0, 0.1) is 6.92 Å². The van der Waals surface area contributed by atoms with Gasteiger partial charge in [0.2, 0.25) is 5.78 Å². The molecule has 2 heterocycles. The maximum atomic E-state index is 13.0. The Labute approximate surface area is 158 Å². The molecule has 140 valence electrons. The third-order valence-corrected chi connectivity index (χ3v) is 5.38. The Bertz CT molecular complexity index is 926. The van der Waals surface area contributed by atoms with Crippen LogP contribution >= 0.6 is 0 Å². The van der Waals surface area contributed by atoms with Crippen molar-refractivity contribution in [3.63, 3.8) is 0 Å². The van der Waals surface area contributed by atoms with Crippen LogP contribution in [0.2, 0.25) is 0 Å². The van der Waals surface area contributed by atoms with Gasteiger partial charge in [-0.25, -0.2) is 0 Å². The van der Waals surface area contributed by atoms with Crippen molar-refractivity contribution in [3.8, 4) is 17.2 Å². The molecule has 2 aromatic carbocycles. The number of nitrogens with one attached hydrogen (secondary N) is 1. The number of methoxy groups -OCH3 is 1. The molecule has 0 spiro atoms. The molecule has 1 saturated heterocycles. The molecule has 27 heavy (non-hydrogen) atoms. The summed E-state index contributed by atoms with van der Waals surface area (Å²) in [6.45, 7) is 4.67. The predicted octanol–water partition coefficient (Wildman–Crippen LogP) is 2.50. The zero-order chi connectivity index (χ0) is 19.0. The number of para-hydroxylation sites is 1. The van der Waals surface area contributed by atoms with Gasteiger partial charge in [0.05, 0.1) is 31.3 Å². The number of benzene rings is 2. The molecule has 2 aliphatic rings. The molecule has 5 nitrogen and oxygen atoms in total. The summed E-state index contributed by atoms with van der Waals surface area (Å²) in [6.07, 6.45) is 4.11. The normalized spacial score (nSPS) is 18.0. The van der Waals surface area contributed by atoms with E-state index in [1.54, 1.807) is 19.3 Å². The highest BCUT2D eigenvalue weighted by atomic mass is 16.5. The molecule has 0 radical (unpaired) electrons. The van der Waals surface area contributed by atoms with Crippen LogP contribution in [0.1, 0.15) is 39.9 Å². The van der Waals surface area contributed by atoms with Crippen molar-refractivity contribution in [1.29, 1.82) is 0 Å². The lowest BCUT2D eigenvalue weighted by Gasteiger charge is -2.16. The van der Waals surface area contributed by atoms with Crippen LogP contribution in [-0.4, -0.2) is 31.1 Å². The number of Topliss-reactive ketones (excluding diaryl/α,β-unsaturated/α-hetero) is 1. The summed E-state index contributed by atoms with van der Waals surface area (Å²) in [7, 11) is 1.60. The fraction of sp³-hybridized carbons (Fsp3) is 0.318. The van der Waals surface area contributed by atoms with Crippen molar-refractivity contribution in [1.82, 2.24) is 0 Å². The van der Waals surface area contributed by atoms with E-state index in [0.29, 0.717) is 23.6 Å². The second-order valence-electron chi connectivity index (χ2n) is 7.21. The lowest BCUT2D eigenvalue weighted by molar-refractivity contribution is -0.901. The van der Waals surface area contributed by atoms with Gasteiger partial charge in [-0.3, -0.25) is 4.79 Å². The van der Waals surface area contributed by atoms with Gasteiger partial charge in [0.1, 0.15) is 18.0 Å². The van der Waals surface area contributed by atoms with E-state index in [2.05, 4.69) is 0 Å². The van der Waals surface area contributed by atoms with Crippen molar-refractivity contribution in [2.75, 3.05) is 20.2 Å². The van der Waals surface area contributed by atoms with Crippen molar-refractivity contribution < 1.29 is 24.3 Å². The largest absolute Gasteiger partial charge is 0.507 e. The van der Waals surface area contributed by atoms with Gasteiger partial charge in [-0.05, 0) is 30.7 Å². The molecular formula is C22H24NO4+. The summed E-state index contributed by atoms with van der Waals surface area (Å²) in [5.74, 6) is 1.51. The quantitative estimate of drug-likeness (QED) is 0.817. The molecule has 0 aromatic heterocycles. The Morgan fingerprint density at radius 3 is 2.74 bits per heavy atom. The highest BCUT2D eigenvalue weighted by Crippen LogP contribution is 2.41. The summed E-state index contributed by atoms with van der Waals surface area (Å²) in [5.41, 5.74) is 2.80. The lowest BCUT2D eigenvalue weighted by atomic mass is 9.99. The van der Waals surface area contributed by atoms with Crippen LogP contribution in [0.4, 0.5) is 0 Å². The van der Waals surface area contributed by atoms with Crippen LogP contribution < -0.4 is 14.4 Å². The number of rotatable bonds is 4. The minimum atomic E-state index is -0.147. The Kier molecular flexibility index (Phi) is 4.62. The van der Waals surface area contributed by atoms with Gasteiger partial charge in [0.25, 0.3) is 0 Å². The Balaban J connectivity index is 1.74. The summed E-state index contributed by atoms with van der Waals surface area (Å²) in [5, 5.41) is 10.5. The number of ether oxygens (including phenoxy) is 2. The van der Waals surface area contributed by atoms with Gasteiger partial charge in [-0.15, -0.1) is 0 Å². The van der Waals surface area contributed by atoms with Gasteiger partial charge in [0, 0.05) is 18.4 Å². The van der Waals surface area contributed by atoms with Crippen molar-refractivity contribution in [2.45, 2.75) is 26.3 Å². The van der Waals surface area contributed by atoms with Crippen LogP contribution in [0.5, 0.6) is 17.2 Å². The summed E-state index contributed by atoms with van der Waals surface area (Å²) in [4.78, 5) is 14.4. The number of quaternary nitrogens is 1. The molecule has 2 aromatic rings. The molecule has 0 unspecified atom stereocenters. The minimum Gasteiger partial charge on any atom is -0.507 e. The number of aromatic hydroxyl groups is 1. The van der Waals surface area contributed by atoms with E-state index in [4.69, 9.17) is 9.47 Å². The van der Waals surface area contributed by atoms with E-state index >= 15 is 0 Å². The average molecular weight is 366 g/mol. The molecule has 0 bridgehead atoms. The van der Waals surface area contributed by atoms with Crippen molar-refractivity contribution in [2.24, 2.45) is 0 Å². The number of phenols is 1. The summed E-state index contributed by atoms with van der Waals surface area (Å²) >= 11 is 0. The first-order chi connectivity index (χ1) is 13.1. The van der Waals surface area contributed by atoms with Crippen molar-refractivity contribution >= 4 is 11.9 Å². The molecule has 2 aliphatic heterocycles. The standard InChI is InChI=1S/C22H23NO4/c1-14-11-17(24)16(13-23-9-5-6-10-23)22-20(14)21(25)19(27-22)12-15-7-3-4-8-18(15)26-2/h3-4,7-8,11-12,24H,5-6,9-10,13H2,1-2H3/p+1/b19-12-.